The standard InChI is InChI=1S/C11H12ClN3O2/c1-3-11(2,10(16)17)15-9-8(12)7(6-13)4-5-14-9/h4-5H,3H2,1-2H3,(H,14,15)(H,16,17). The van der Waals surface area contributed by atoms with Crippen molar-refractivity contribution in [2.75, 3.05) is 5.32 Å². The lowest BCUT2D eigenvalue weighted by Crippen LogP contribution is -2.43. The summed E-state index contributed by atoms with van der Waals surface area (Å²) in [4.78, 5) is 15.1. The van der Waals surface area contributed by atoms with Gasteiger partial charge in [0.05, 0.1) is 5.56 Å². The Bertz CT molecular complexity index is 484. The highest BCUT2D eigenvalue weighted by molar-refractivity contribution is 6.34. The predicted octanol–water partition coefficient (Wildman–Crippen LogP) is 2.27. The summed E-state index contributed by atoms with van der Waals surface area (Å²) in [6.07, 6.45) is 1.77. The first-order chi connectivity index (χ1) is 7.94. The molecule has 17 heavy (non-hydrogen) atoms. The van der Waals surface area contributed by atoms with Gasteiger partial charge in [-0.2, -0.15) is 5.26 Å². The quantitative estimate of drug-likeness (QED) is 0.860. The van der Waals surface area contributed by atoms with Crippen molar-refractivity contribution in [3.8, 4) is 6.07 Å². The largest absolute Gasteiger partial charge is 0.480 e. The van der Waals surface area contributed by atoms with Crippen LogP contribution in [0.3, 0.4) is 0 Å². The minimum atomic E-state index is -1.16. The smallest absolute Gasteiger partial charge is 0.329 e. The van der Waals surface area contributed by atoms with Crippen LogP contribution in [0.4, 0.5) is 5.82 Å². The lowest BCUT2D eigenvalue weighted by molar-refractivity contribution is -0.141. The summed E-state index contributed by atoms with van der Waals surface area (Å²) in [7, 11) is 0. The summed E-state index contributed by atoms with van der Waals surface area (Å²) < 4.78 is 0. The zero-order valence-electron chi connectivity index (χ0n) is 9.49. The molecule has 1 aromatic rings. The number of carbonyl (C=O) groups is 1. The highest BCUT2D eigenvalue weighted by atomic mass is 35.5. The molecule has 1 heterocycles. The van der Waals surface area contributed by atoms with Crippen molar-refractivity contribution in [2.24, 2.45) is 0 Å². The lowest BCUT2D eigenvalue weighted by atomic mass is 9.99. The molecular formula is C11H12ClN3O2. The molecule has 5 nitrogen and oxygen atoms in total. The molecule has 0 amide bonds. The molecule has 0 saturated carbocycles. The molecule has 0 aliphatic carbocycles. The van der Waals surface area contributed by atoms with Crippen molar-refractivity contribution in [1.82, 2.24) is 4.98 Å². The van der Waals surface area contributed by atoms with Gasteiger partial charge in [0.2, 0.25) is 0 Å². The van der Waals surface area contributed by atoms with Gasteiger partial charge in [-0.1, -0.05) is 18.5 Å². The van der Waals surface area contributed by atoms with E-state index < -0.39 is 11.5 Å². The fourth-order valence-corrected chi connectivity index (χ4v) is 1.37. The van der Waals surface area contributed by atoms with Gasteiger partial charge in [-0.3, -0.25) is 0 Å². The topological polar surface area (TPSA) is 86.0 Å². The Hall–Kier alpha value is -1.80. The third-order valence-electron chi connectivity index (χ3n) is 2.58. The summed E-state index contributed by atoms with van der Waals surface area (Å²) in [6.45, 7) is 3.27. The molecule has 0 radical (unpaired) electrons. The average Bonchev–Trinajstić information content (AvgIpc) is 2.31. The normalized spacial score (nSPS) is 13.5. The van der Waals surface area contributed by atoms with Crippen LogP contribution in [0, 0.1) is 11.3 Å². The van der Waals surface area contributed by atoms with Crippen LogP contribution in [0.15, 0.2) is 12.3 Å². The Morgan fingerprint density at radius 1 is 1.76 bits per heavy atom. The highest BCUT2D eigenvalue weighted by Gasteiger charge is 2.32. The Kier molecular flexibility index (Phi) is 3.92. The number of pyridine rings is 1. The number of aromatic nitrogens is 1. The summed E-state index contributed by atoms with van der Waals surface area (Å²) >= 11 is 5.94. The number of halogens is 1. The lowest BCUT2D eigenvalue weighted by Gasteiger charge is -2.25. The van der Waals surface area contributed by atoms with E-state index >= 15 is 0 Å². The van der Waals surface area contributed by atoms with E-state index in [2.05, 4.69) is 10.3 Å². The van der Waals surface area contributed by atoms with Gasteiger partial charge in [0.1, 0.15) is 22.4 Å². The van der Waals surface area contributed by atoms with Crippen LogP contribution in [0.25, 0.3) is 0 Å². The molecule has 0 bridgehead atoms. The Morgan fingerprint density at radius 2 is 2.41 bits per heavy atom. The van der Waals surface area contributed by atoms with E-state index in [0.29, 0.717) is 6.42 Å². The van der Waals surface area contributed by atoms with E-state index in [1.54, 1.807) is 6.92 Å². The van der Waals surface area contributed by atoms with Crippen molar-refractivity contribution in [3.63, 3.8) is 0 Å². The van der Waals surface area contributed by atoms with E-state index in [-0.39, 0.29) is 16.4 Å². The van der Waals surface area contributed by atoms with E-state index in [1.807, 2.05) is 6.07 Å². The van der Waals surface area contributed by atoms with Gasteiger partial charge >= 0.3 is 5.97 Å². The van der Waals surface area contributed by atoms with E-state index in [9.17, 15) is 4.79 Å². The maximum atomic E-state index is 11.1. The summed E-state index contributed by atoms with van der Waals surface area (Å²) in [6, 6.07) is 3.38. The molecule has 0 spiro atoms. The average molecular weight is 254 g/mol. The molecule has 1 unspecified atom stereocenters. The Labute approximate surface area is 104 Å². The maximum absolute atomic E-state index is 11.1. The predicted molar refractivity (Wildman–Crippen MR) is 63.9 cm³/mol. The SMILES string of the molecule is CCC(C)(Nc1nccc(C#N)c1Cl)C(=O)O. The first kappa shape index (κ1) is 13.3. The second-order valence-corrected chi connectivity index (χ2v) is 4.13. The van der Waals surface area contributed by atoms with Gasteiger partial charge in [-0.15, -0.1) is 0 Å². The van der Waals surface area contributed by atoms with Gasteiger partial charge in [0.15, 0.2) is 0 Å². The fourth-order valence-electron chi connectivity index (χ4n) is 1.17. The van der Waals surface area contributed by atoms with Crippen LogP contribution in [0.2, 0.25) is 5.02 Å². The molecule has 90 valence electrons. The van der Waals surface area contributed by atoms with Crippen molar-refractivity contribution in [3.05, 3.63) is 22.8 Å². The number of carboxylic acids is 1. The van der Waals surface area contributed by atoms with Crippen molar-refractivity contribution in [1.29, 1.82) is 5.26 Å². The van der Waals surface area contributed by atoms with Crippen LogP contribution >= 0.6 is 11.6 Å². The third kappa shape index (κ3) is 2.66. The van der Waals surface area contributed by atoms with Crippen LogP contribution < -0.4 is 5.32 Å². The highest BCUT2D eigenvalue weighted by Crippen LogP contribution is 2.26. The fraction of sp³-hybridized carbons (Fsp3) is 0.364. The Morgan fingerprint density at radius 3 is 2.88 bits per heavy atom. The number of nitrogens with one attached hydrogen (secondary N) is 1. The van der Waals surface area contributed by atoms with Crippen molar-refractivity contribution in [2.45, 2.75) is 25.8 Å². The molecule has 0 fully saturated rings. The zero-order chi connectivity index (χ0) is 13.1. The zero-order valence-corrected chi connectivity index (χ0v) is 10.2. The molecule has 0 aromatic carbocycles. The second-order valence-electron chi connectivity index (χ2n) is 3.75. The van der Waals surface area contributed by atoms with E-state index in [0.717, 1.165) is 0 Å². The molecular weight excluding hydrogens is 242 g/mol. The Balaban J connectivity index is 3.12. The monoisotopic (exact) mass is 253 g/mol. The second kappa shape index (κ2) is 5.02. The first-order valence-corrected chi connectivity index (χ1v) is 5.38. The molecule has 1 aromatic heterocycles. The van der Waals surface area contributed by atoms with Gasteiger partial charge < -0.3 is 10.4 Å². The number of carboxylic acid groups (broad SMARTS) is 1. The first-order valence-electron chi connectivity index (χ1n) is 5.00. The molecule has 0 aliphatic rings. The molecule has 2 N–H and O–H groups in total. The number of nitriles is 1. The van der Waals surface area contributed by atoms with Crippen LogP contribution in [-0.2, 0) is 4.79 Å². The minimum absolute atomic E-state index is 0.135. The summed E-state index contributed by atoms with van der Waals surface area (Å²) in [5, 5.41) is 20.8. The molecule has 0 saturated heterocycles. The van der Waals surface area contributed by atoms with Gasteiger partial charge in [0, 0.05) is 6.20 Å². The van der Waals surface area contributed by atoms with Crippen molar-refractivity contribution < 1.29 is 9.90 Å². The van der Waals surface area contributed by atoms with E-state index in [4.69, 9.17) is 22.0 Å². The number of hydrogen-bond acceptors (Lipinski definition) is 4. The minimum Gasteiger partial charge on any atom is -0.480 e. The van der Waals surface area contributed by atoms with Crippen LogP contribution in [0.1, 0.15) is 25.8 Å². The molecule has 1 rings (SSSR count). The summed E-state index contributed by atoms with van der Waals surface area (Å²) in [5.74, 6) is -0.794. The molecule has 6 heteroatoms. The van der Waals surface area contributed by atoms with E-state index in [1.165, 1.54) is 19.2 Å². The number of aliphatic carboxylic acids is 1. The van der Waals surface area contributed by atoms with Gasteiger partial charge in [-0.25, -0.2) is 9.78 Å². The molecule has 0 aliphatic heterocycles. The molecule has 1 atom stereocenters. The number of nitrogens with zero attached hydrogens (tertiary/aromatic N) is 2. The van der Waals surface area contributed by atoms with Gasteiger partial charge in [0.25, 0.3) is 0 Å². The summed E-state index contributed by atoms with van der Waals surface area (Å²) in [5.41, 5.74) is -0.905. The number of hydrogen-bond donors (Lipinski definition) is 2. The van der Waals surface area contributed by atoms with Crippen LogP contribution in [0.5, 0.6) is 0 Å². The van der Waals surface area contributed by atoms with Crippen LogP contribution in [-0.4, -0.2) is 21.6 Å². The maximum Gasteiger partial charge on any atom is 0.329 e. The van der Waals surface area contributed by atoms with Crippen molar-refractivity contribution >= 4 is 23.4 Å². The number of rotatable bonds is 4. The van der Waals surface area contributed by atoms with Gasteiger partial charge in [-0.05, 0) is 19.4 Å². The third-order valence-corrected chi connectivity index (χ3v) is 2.97. The number of anilines is 1.